The van der Waals surface area contributed by atoms with E-state index in [1.54, 1.807) is 27.8 Å². The van der Waals surface area contributed by atoms with E-state index in [4.69, 9.17) is 11.6 Å². The second kappa shape index (κ2) is 9.23. The van der Waals surface area contributed by atoms with Crippen LogP contribution in [0.25, 0.3) is 0 Å². The Morgan fingerprint density at radius 2 is 1.89 bits per heavy atom. The molecule has 1 aromatic rings. The molecule has 4 heterocycles. The smallest absolute Gasteiger partial charge is 0.251 e. The minimum Gasteiger partial charge on any atom is -0.394 e. The number of benzene rings is 1. The first-order valence-corrected chi connectivity index (χ1v) is 13.7. The lowest BCUT2D eigenvalue weighted by Crippen LogP contribution is -2.57. The Balaban J connectivity index is 1.69. The molecule has 1 aromatic carbocycles. The Hall–Kier alpha value is -2.29. The van der Waals surface area contributed by atoms with Crippen molar-refractivity contribution in [2.75, 3.05) is 31.6 Å². The first kappa shape index (κ1) is 25.4. The molecule has 1 unspecified atom stereocenters. The minimum atomic E-state index is -0.923. The molecule has 2 saturated heterocycles. The molecule has 36 heavy (non-hydrogen) atoms. The van der Waals surface area contributed by atoms with Crippen LogP contribution >= 0.6 is 23.4 Å². The Labute approximate surface area is 221 Å². The minimum absolute atomic E-state index is 0.0812. The Kier molecular flexibility index (Phi) is 6.50. The van der Waals surface area contributed by atoms with Crippen molar-refractivity contribution in [2.45, 2.75) is 42.9 Å². The predicted octanol–water partition coefficient (Wildman–Crippen LogP) is 2.89. The Bertz CT molecular complexity index is 1150. The fourth-order valence-electron chi connectivity index (χ4n) is 6.35. The maximum absolute atomic E-state index is 14.5. The van der Waals surface area contributed by atoms with Crippen LogP contribution in [0.15, 0.2) is 42.5 Å². The van der Waals surface area contributed by atoms with Crippen molar-refractivity contribution in [2.24, 2.45) is 17.8 Å². The van der Waals surface area contributed by atoms with Gasteiger partial charge in [0.2, 0.25) is 11.8 Å². The van der Waals surface area contributed by atoms with Crippen molar-refractivity contribution in [1.82, 2.24) is 9.80 Å². The fourth-order valence-corrected chi connectivity index (χ4v) is 8.66. The first-order valence-electron chi connectivity index (χ1n) is 12.4. The summed E-state index contributed by atoms with van der Waals surface area (Å²) in [4.78, 5) is 47.2. The molecule has 4 aliphatic rings. The molecule has 0 bridgehead atoms. The molecule has 6 atom stereocenters. The molecule has 2 fully saturated rings. The highest BCUT2D eigenvalue weighted by Crippen LogP contribution is 2.61. The van der Waals surface area contributed by atoms with Crippen molar-refractivity contribution in [1.29, 1.82) is 0 Å². The molecule has 0 aliphatic carbocycles. The third kappa shape index (κ3) is 3.56. The van der Waals surface area contributed by atoms with Crippen LogP contribution in [0.4, 0.5) is 5.69 Å². The van der Waals surface area contributed by atoms with E-state index in [1.807, 2.05) is 57.2 Å². The molecule has 1 N–H and O–H groups in total. The number of aliphatic hydroxyl groups excluding tert-OH is 1. The summed E-state index contributed by atoms with van der Waals surface area (Å²) in [6, 6.07) is 4.09. The zero-order chi connectivity index (χ0) is 25.9. The number of nitrogens with zero attached hydrogens (tertiary/aromatic N) is 3. The third-order valence-electron chi connectivity index (χ3n) is 8.07. The highest BCUT2D eigenvalue weighted by molar-refractivity contribution is 8.02. The Morgan fingerprint density at radius 3 is 2.56 bits per heavy atom. The second-order valence-electron chi connectivity index (χ2n) is 10.5. The number of thioether (sulfide) groups is 1. The van der Waals surface area contributed by atoms with Crippen LogP contribution in [-0.4, -0.2) is 81.5 Å². The fraction of sp³-hybridized carbons (Fsp3) is 0.519. The van der Waals surface area contributed by atoms with Crippen molar-refractivity contribution in [3.8, 4) is 0 Å². The number of para-hydroxylation sites is 1. The third-order valence-corrected chi connectivity index (χ3v) is 10.1. The van der Waals surface area contributed by atoms with Gasteiger partial charge in [0.05, 0.1) is 39.9 Å². The van der Waals surface area contributed by atoms with Crippen LogP contribution < -0.4 is 4.90 Å². The molecule has 0 radical (unpaired) electrons. The zero-order valence-corrected chi connectivity index (χ0v) is 22.5. The SMILES string of the molecule is Cc1cccc(Cl)c1N1CC=C[C@]23S[C@H]4C=CCN(C)C(=O)[C@H]4[C@H]2C(=O)N([C@@H](CO)C(C)C)C3C1=O. The number of fused-ring (bicyclic) bond motifs is 2. The van der Waals surface area contributed by atoms with E-state index in [2.05, 4.69) is 0 Å². The maximum Gasteiger partial charge on any atom is 0.251 e. The summed E-state index contributed by atoms with van der Waals surface area (Å²) >= 11 is 8.13. The summed E-state index contributed by atoms with van der Waals surface area (Å²) < 4.78 is -0.923. The summed E-state index contributed by atoms with van der Waals surface area (Å²) in [5.41, 5.74) is 1.49. The number of likely N-dealkylation sites (tertiary alicyclic amines) is 1. The lowest BCUT2D eigenvalue weighted by atomic mass is 9.78. The normalized spacial score (nSPS) is 32.5. The zero-order valence-electron chi connectivity index (χ0n) is 20.9. The number of likely N-dealkylation sites (N-methyl/N-ethyl adjacent to an activating group) is 1. The van der Waals surface area contributed by atoms with Gasteiger partial charge in [-0.25, -0.2) is 0 Å². The number of aliphatic hydroxyl groups is 1. The van der Waals surface area contributed by atoms with Crippen LogP contribution in [0.1, 0.15) is 19.4 Å². The number of amides is 3. The molecule has 7 nitrogen and oxygen atoms in total. The largest absolute Gasteiger partial charge is 0.394 e. The van der Waals surface area contributed by atoms with E-state index in [-0.39, 0.29) is 35.5 Å². The molecule has 4 aliphatic heterocycles. The van der Waals surface area contributed by atoms with E-state index in [0.717, 1.165) is 5.56 Å². The van der Waals surface area contributed by atoms with E-state index in [0.29, 0.717) is 23.8 Å². The van der Waals surface area contributed by atoms with Gasteiger partial charge >= 0.3 is 0 Å². The number of hydrogen-bond acceptors (Lipinski definition) is 5. The summed E-state index contributed by atoms with van der Waals surface area (Å²) in [5.74, 6) is -1.91. The van der Waals surface area contributed by atoms with Crippen LogP contribution in [0.3, 0.4) is 0 Å². The standard InChI is InChI=1S/C27H32ClN3O4S/c1-15(2)18(14-32)31-23-26(35)30(22-16(3)8-5-9-17(22)28)13-7-11-27(23)21(25(31)34)20-19(36-27)10-6-12-29(4)24(20)33/h5-11,15,18-21,23,32H,12-14H2,1-4H3/t18-,19-,20+,21-,23?,27-/m0/s1. The number of anilines is 1. The van der Waals surface area contributed by atoms with Gasteiger partial charge in [0.25, 0.3) is 5.91 Å². The van der Waals surface area contributed by atoms with Crippen LogP contribution in [0, 0.1) is 24.7 Å². The summed E-state index contributed by atoms with van der Waals surface area (Å²) in [6.45, 7) is 6.31. The highest BCUT2D eigenvalue weighted by Gasteiger charge is 2.71. The van der Waals surface area contributed by atoms with Crippen molar-refractivity contribution in [3.05, 3.63) is 53.1 Å². The molecular weight excluding hydrogens is 498 g/mol. The van der Waals surface area contributed by atoms with E-state index < -0.39 is 28.7 Å². The number of carbonyl (C=O) groups is 3. The van der Waals surface area contributed by atoms with E-state index in [1.165, 1.54) is 11.8 Å². The average molecular weight is 530 g/mol. The van der Waals surface area contributed by atoms with E-state index >= 15 is 0 Å². The average Bonchev–Trinajstić information content (AvgIpc) is 3.15. The molecule has 9 heteroatoms. The van der Waals surface area contributed by atoms with Gasteiger partial charge in [-0.3, -0.25) is 14.4 Å². The number of carbonyl (C=O) groups excluding carboxylic acids is 3. The lowest BCUT2D eigenvalue weighted by Gasteiger charge is -2.40. The molecular formula is C27H32ClN3O4S. The van der Waals surface area contributed by atoms with Crippen molar-refractivity contribution < 1.29 is 19.5 Å². The van der Waals surface area contributed by atoms with Gasteiger partial charge in [0, 0.05) is 25.4 Å². The van der Waals surface area contributed by atoms with Gasteiger partial charge in [-0.05, 0) is 24.5 Å². The second-order valence-corrected chi connectivity index (χ2v) is 12.4. The summed E-state index contributed by atoms with van der Waals surface area (Å²) in [5, 5.41) is 10.6. The van der Waals surface area contributed by atoms with Gasteiger partial charge < -0.3 is 19.8 Å². The number of hydrogen-bond donors (Lipinski definition) is 1. The first-order chi connectivity index (χ1) is 17.1. The van der Waals surface area contributed by atoms with Gasteiger partial charge in [-0.15, -0.1) is 11.8 Å². The number of rotatable bonds is 4. The summed E-state index contributed by atoms with van der Waals surface area (Å²) in [7, 11) is 1.75. The number of aryl methyl sites for hydroxylation is 1. The van der Waals surface area contributed by atoms with Gasteiger partial charge in [0.1, 0.15) is 6.04 Å². The van der Waals surface area contributed by atoms with Crippen LogP contribution in [0.2, 0.25) is 5.02 Å². The molecule has 5 rings (SSSR count). The monoisotopic (exact) mass is 529 g/mol. The Morgan fingerprint density at radius 1 is 1.14 bits per heavy atom. The van der Waals surface area contributed by atoms with Crippen LogP contribution in [-0.2, 0) is 14.4 Å². The quantitative estimate of drug-likeness (QED) is 0.607. The van der Waals surface area contributed by atoms with Gasteiger partial charge in [0.15, 0.2) is 0 Å². The van der Waals surface area contributed by atoms with Crippen molar-refractivity contribution >= 4 is 46.8 Å². The molecule has 192 valence electrons. The molecule has 1 spiro atoms. The topological polar surface area (TPSA) is 81.2 Å². The van der Waals surface area contributed by atoms with Gasteiger partial charge in [-0.2, -0.15) is 0 Å². The molecule has 0 aromatic heterocycles. The molecule has 0 saturated carbocycles. The predicted molar refractivity (Wildman–Crippen MR) is 142 cm³/mol. The number of halogens is 1. The van der Waals surface area contributed by atoms with Crippen LogP contribution in [0.5, 0.6) is 0 Å². The van der Waals surface area contributed by atoms with Gasteiger partial charge in [-0.1, -0.05) is 61.9 Å². The highest BCUT2D eigenvalue weighted by atomic mass is 35.5. The van der Waals surface area contributed by atoms with E-state index in [9.17, 15) is 19.5 Å². The summed E-state index contributed by atoms with van der Waals surface area (Å²) in [6.07, 6.45) is 7.91. The van der Waals surface area contributed by atoms with Crippen molar-refractivity contribution in [3.63, 3.8) is 0 Å². The lowest BCUT2D eigenvalue weighted by molar-refractivity contribution is -0.144. The molecule has 3 amide bonds. The maximum atomic E-state index is 14.5.